The van der Waals surface area contributed by atoms with Crippen molar-refractivity contribution < 1.29 is 8.42 Å². The number of nitrogens with one attached hydrogen (secondary N) is 1. The molecule has 1 aromatic rings. The van der Waals surface area contributed by atoms with Crippen LogP contribution in [0.1, 0.15) is 25.7 Å². The second-order valence-electron chi connectivity index (χ2n) is 6.19. The second-order valence-corrected chi connectivity index (χ2v) is 8.23. The van der Waals surface area contributed by atoms with Gasteiger partial charge in [0, 0.05) is 25.7 Å². The van der Waals surface area contributed by atoms with Crippen LogP contribution in [-0.2, 0) is 17.1 Å². The lowest BCUT2D eigenvalue weighted by atomic mass is 9.91. The van der Waals surface area contributed by atoms with E-state index in [9.17, 15) is 8.42 Å². The number of imidazole rings is 1. The summed E-state index contributed by atoms with van der Waals surface area (Å²) in [7, 11) is 0.222. The standard InChI is InChI=1S/C13H21ClN4O2S/c1-17-8-15-13(12(17)14)21(19,20)16-7-9-5-10-3-4-11(6-9)18(10)2/h8-11,16H,3-7H2,1-2H3. The number of hydrogen-bond acceptors (Lipinski definition) is 4. The van der Waals surface area contributed by atoms with Gasteiger partial charge >= 0.3 is 0 Å². The third kappa shape index (κ3) is 2.84. The van der Waals surface area contributed by atoms with Gasteiger partial charge in [0.05, 0.1) is 6.33 Å². The summed E-state index contributed by atoms with van der Waals surface area (Å²) in [6, 6.07) is 1.22. The summed E-state index contributed by atoms with van der Waals surface area (Å²) < 4.78 is 28.7. The minimum absolute atomic E-state index is 0.0810. The maximum Gasteiger partial charge on any atom is 0.261 e. The third-order valence-corrected chi connectivity index (χ3v) is 6.76. The molecule has 2 fully saturated rings. The maximum atomic E-state index is 12.3. The molecule has 21 heavy (non-hydrogen) atoms. The van der Waals surface area contributed by atoms with Crippen LogP contribution in [0.5, 0.6) is 0 Å². The van der Waals surface area contributed by atoms with Crippen molar-refractivity contribution in [3.8, 4) is 0 Å². The van der Waals surface area contributed by atoms with Crippen LogP contribution in [0.3, 0.4) is 0 Å². The highest BCUT2D eigenvalue weighted by molar-refractivity contribution is 7.89. The highest BCUT2D eigenvalue weighted by Gasteiger charge is 2.38. The molecule has 2 atom stereocenters. The van der Waals surface area contributed by atoms with Gasteiger partial charge in [-0.2, -0.15) is 0 Å². The van der Waals surface area contributed by atoms with Crippen molar-refractivity contribution >= 4 is 21.6 Å². The van der Waals surface area contributed by atoms with E-state index in [2.05, 4.69) is 21.7 Å². The molecule has 1 N–H and O–H groups in total. The summed E-state index contributed by atoms with van der Waals surface area (Å²) >= 11 is 5.96. The average molecular weight is 333 g/mol. The Balaban J connectivity index is 1.64. The summed E-state index contributed by atoms with van der Waals surface area (Å²) in [5, 5.41) is 0.0634. The fraction of sp³-hybridized carbons (Fsp3) is 0.769. The van der Waals surface area contributed by atoms with E-state index in [0.29, 0.717) is 24.5 Å². The number of sulfonamides is 1. The molecule has 0 aromatic carbocycles. The molecule has 0 amide bonds. The van der Waals surface area contributed by atoms with Gasteiger partial charge in [-0.05, 0) is 38.6 Å². The Kier molecular flexibility index (Phi) is 4.02. The number of piperidine rings is 1. The van der Waals surface area contributed by atoms with E-state index >= 15 is 0 Å². The fourth-order valence-corrected chi connectivity index (χ4v) is 5.10. The molecular weight excluding hydrogens is 312 g/mol. The Morgan fingerprint density at radius 1 is 1.33 bits per heavy atom. The number of aromatic nitrogens is 2. The van der Waals surface area contributed by atoms with Crippen molar-refractivity contribution in [1.82, 2.24) is 19.2 Å². The fourth-order valence-electron chi connectivity index (χ4n) is 3.56. The minimum atomic E-state index is -3.63. The zero-order valence-corrected chi connectivity index (χ0v) is 13.9. The zero-order valence-electron chi connectivity index (χ0n) is 12.3. The molecule has 1 aromatic heterocycles. The van der Waals surface area contributed by atoms with Crippen LogP contribution in [0.25, 0.3) is 0 Å². The van der Waals surface area contributed by atoms with Gasteiger partial charge < -0.3 is 9.47 Å². The minimum Gasteiger partial charge on any atom is -0.324 e. The molecule has 0 spiro atoms. The SMILES string of the molecule is CN1C2CCC1CC(CNS(=O)(=O)c1ncn(C)c1Cl)C2. The maximum absolute atomic E-state index is 12.3. The number of halogens is 1. The number of rotatable bonds is 4. The van der Waals surface area contributed by atoms with Crippen molar-refractivity contribution in [3.63, 3.8) is 0 Å². The van der Waals surface area contributed by atoms with Gasteiger partial charge in [-0.3, -0.25) is 0 Å². The van der Waals surface area contributed by atoms with Crippen molar-refractivity contribution in [2.24, 2.45) is 13.0 Å². The highest BCUT2D eigenvalue weighted by Crippen LogP contribution is 2.37. The molecule has 2 aliphatic rings. The zero-order chi connectivity index (χ0) is 15.2. The summed E-state index contributed by atoms with van der Waals surface area (Å²) in [6.07, 6.45) is 6.00. The molecule has 0 aliphatic carbocycles. The molecule has 3 rings (SSSR count). The molecular formula is C13H21ClN4O2S. The van der Waals surface area contributed by atoms with Crippen molar-refractivity contribution in [1.29, 1.82) is 0 Å². The molecule has 3 heterocycles. The van der Waals surface area contributed by atoms with Crippen LogP contribution in [-0.4, -0.2) is 48.5 Å². The van der Waals surface area contributed by atoms with E-state index < -0.39 is 10.0 Å². The topological polar surface area (TPSA) is 67.2 Å². The van der Waals surface area contributed by atoms with Gasteiger partial charge in [0.2, 0.25) is 5.03 Å². The van der Waals surface area contributed by atoms with Gasteiger partial charge in [0.25, 0.3) is 10.0 Å². The summed E-state index contributed by atoms with van der Waals surface area (Å²) in [5.41, 5.74) is 0. The van der Waals surface area contributed by atoms with E-state index in [-0.39, 0.29) is 10.2 Å². The first kappa shape index (κ1) is 15.3. The third-order valence-electron chi connectivity index (χ3n) is 4.85. The Morgan fingerprint density at radius 2 is 1.95 bits per heavy atom. The average Bonchev–Trinajstić information content (AvgIpc) is 2.86. The summed E-state index contributed by atoms with van der Waals surface area (Å²) in [6.45, 7) is 0.468. The lowest BCUT2D eigenvalue weighted by Crippen LogP contribution is -2.43. The molecule has 118 valence electrons. The Labute approximate surface area is 130 Å². The van der Waals surface area contributed by atoms with Crippen LogP contribution in [0.4, 0.5) is 0 Å². The number of aryl methyl sites for hydroxylation is 1. The largest absolute Gasteiger partial charge is 0.324 e. The van der Waals surface area contributed by atoms with Gasteiger partial charge in [-0.15, -0.1) is 0 Å². The highest BCUT2D eigenvalue weighted by atomic mass is 35.5. The van der Waals surface area contributed by atoms with Crippen LogP contribution in [0.2, 0.25) is 5.15 Å². The lowest BCUT2D eigenvalue weighted by Gasteiger charge is -2.36. The first-order valence-electron chi connectivity index (χ1n) is 7.27. The number of fused-ring (bicyclic) bond motifs is 2. The Morgan fingerprint density at radius 3 is 2.48 bits per heavy atom. The van der Waals surface area contributed by atoms with Gasteiger partial charge in [-0.25, -0.2) is 18.1 Å². The molecule has 8 heteroatoms. The summed E-state index contributed by atoms with van der Waals surface area (Å²) in [4.78, 5) is 6.32. The molecule has 6 nitrogen and oxygen atoms in total. The van der Waals surface area contributed by atoms with Gasteiger partial charge in [0.15, 0.2) is 0 Å². The smallest absolute Gasteiger partial charge is 0.261 e. The van der Waals surface area contributed by atoms with E-state index in [1.54, 1.807) is 7.05 Å². The van der Waals surface area contributed by atoms with Gasteiger partial charge in [0.1, 0.15) is 5.15 Å². The van der Waals surface area contributed by atoms with E-state index in [1.807, 2.05) is 0 Å². The number of nitrogens with zero attached hydrogens (tertiary/aromatic N) is 3. The molecule has 2 saturated heterocycles. The van der Waals surface area contributed by atoms with Crippen molar-refractivity contribution in [3.05, 3.63) is 11.5 Å². The number of hydrogen-bond donors (Lipinski definition) is 1. The lowest BCUT2D eigenvalue weighted by molar-refractivity contribution is 0.135. The van der Waals surface area contributed by atoms with Crippen LogP contribution in [0, 0.1) is 5.92 Å². The van der Waals surface area contributed by atoms with E-state index in [0.717, 1.165) is 12.8 Å². The Hall–Kier alpha value is -0.630. The van der Waals surface area contributed by atoms with Crippen LogP contribution >= 0.6 is 11.6 Å². The normalized spacial score (nSPS) is 30.0. The predicted molar refractivity (Wildman–Crippen MR) is 80.7 cm³/mol. The first-order valence-corrected chi connectivity index (χ1v) is 9.13. The van der Waals surface area contributed by atoms with E-state index in [4.69, 9.17) is 11.6 Å². The quantitative estimate of drug-likeness (QED) is 0.900. The predicted octanol–water partition coefficient (Wildman–Crippen LogP) is 1.22. The Bertz CT molecular complexity index is 616. The molecule has 2 bridgehead atoms. The molecule has 0 saturated carbocycles. The van der Waals surface area contributed by atoms with Crippen LogP contribution < -0.4 is 4.72 Å². The monoisotopic (exact) mass is 332 g/mol. The molecule has 2 aliphatic heterocycles. The summed E-state index contributed by atoms with van der Waals surface area (Å²) in [5.74, 6) is 0.399. The van der Waals surface area contributed by atoms with Crippen LogP contribution in [0.15, 0.2) is 11.4 Å². The second kappa shape index (κ2) is 5.53. The van der Waals surface area contributed by atoms with Crippen molar-refractivity contribution in [2.75, 3.05) is 13.6 Å². The van der Waals surface area contributed by atoms with Crippen molar-refractivity contribution in [2.45, 2.75) is 42.8 Å². The molecule has 0 radical (unpaired) electrons. The molecule has 2 unspecified atom stereocenters. The first-order chi connectivity index (χ1) is 9.88. The van der Waals surface area contributed by atoms with E-state index in [1.165, 1.54) is 23.7 Å². The van der Waals surface area contributed by atoms with Gasteiger partial charge in [-0.1, -0.05) is 11.6 Å².